The van der Waals surface area contributed by atoms with Crippen LogP contribution < -0.4 is 5.32 Å². The molecule has 1 aliphatic carbocycles. The Bertz CT molecular complexity index is 485. The molecule has 2 rings (SSSR count). The van der Waals surface area contributed by atoms with Gasteiger partial charge in [-0.15, -0.1) is 0 Å². The zero-order valence-electron chi connectivity index (χ0n) is 11.8. The van der Waals surface area contributed by atoms with Crippen LogP contribution in [-0.2, 0) is 24.0 Å². The number of oxime groups is 1. The van der Waals surface area contributed by atoms with Gasteiger partial charge < -0.3 is 20.0 Å². The number of nitrogens with one attached hydrogen (secondary N) is 1. The predicted octanol–water partition coefficient (Wildman–Crippen LogP) is -0.848. The normalized spacial score (nSPS) is 24.0. The van der Waals surface area contributed by atoms with Crippen molar-refractivity contribution >= 4 is 23.4 Å². The summed E-state index contributed by atoms with van der Waals surface area (Å²) in [5.74, 6) is -1.99. The van der Waals surface area contributed by atoms with Crippen LogP contribution >= 0.6 is 0 Å². The SMILES string of the molecule is CCOC(=O)C1=NOC(C(=O)NCCO)(C(=O)C2CC2)C1. The third kappa shape index (κ3) is 3.05. The fraction of sp³-hybridized carbons (Fsp3) is 0.692. The van der Waals surface area contributed by atoms with Gasteiger partial charge in [0.2, 0.25) is 0 Å². The lowest BCUT2D eigenvalue weighted by Gasteiger charge is -2.23. The molecular formula is C13H18N2O6. The first-order chi connectivity index (χ1) is 10.0. The van der Waals surface area contributed by atoms with Crippen molar-refractivity contribution in [3.8, 4) is 0 Å². The minimum absolute atomic E-state index is 0.00334. The van der Waals surface area contributed by atoms with Gasteiger partial charge in [-0.05, 0) is 19.8 Å². The number of Topliss-reactive ketones (excluding diaryl/α,β-unsaturated/α-hetero) is 1. The molecule has 2 N–H and O–H groups in total. The number of aliphatic hydroxyl groups is 1. The van der Waals surface area contributed by atoms with Crippen LogP contribution in [0.3, 0.4) is 0 Å². The van der Waals surface area contributed by atoms with Gasteiger partial charge in [0, 0.05) is 12.5 Å². The minimum atomic E-state index is -1.81. The summed E-state index contributed by atoms with van der Waals surface area (Å²) in [6.07, 6.45) is 1.16. The molecule has 0 aromatic carbocycles. The van der Waals surface area contributed by atoms with Gasteiger partial charge in [0.25, 0.3) is 11.5 Å². The van der Waals surface area contributed by atoms with Crippen LogP contribution in [0.5, 0.6) is 0 Å². The summed E-state index contributed by atoms with van der Waals surface area (Å²) in [4.78, 5) is 41.4. The van der Waals surface area contributed by atoms with E-state index >= 15 is 0 Å². The minimum Gasteiger partial charge on any atom is -0.461 e. The van der Waals surface area contributed by atoms with E-state index in [9.17, 15) is 14.4 Å². The summed E-state index contributed by atoms with van der Waals surface area (Å²) < 4.78 is 4.80. The van der Waals surface area contributed by atoms with E-state index in [1.54, 1.807) is 6.92 Å². The van der Waals surface area contributed by atoms with E-state index in [1.165, 1.54) is 0 Å². The van der Waals surface area contributed by atoms with Crippen LogP contribution in [0, 0.1) is 5.92 Å². The van der Waals surface area contributed by atoms with Gasteiger partial charge in [-0.25, -0.2) is 4.79 Å². The third-order valence-electron chi connectivity index (χ3n) is 3.35. The standard InChI is InChI=1S/C13H18N2O6/c1-2-20-11(18)9-7-13(21-15-9,10(17)8-3-4-8)12(19)14-5-6-16/h8,16H,2-7H2,1H3,(H,14,19). The van der Waals surface area contributed by atoms with Gasteiger partial charge in [-0.1, -0.05) is 5.16 Å². The molecule has 2 aliphatic rings. The molecule has 8 heteroatoms. The first kappa shape index (κ1) is 15.4. The lowest BCUT2D eigenvalue weighted by molar-refractivity contribution is -0.157. The van der Waals surface area contributed by atoms with Gasteiger partial charge in [-0.3, -0.25) is 9.59 Å². The Morgan fingerprint density at radius 3 is 2.76 bits per heavy atom. The van der Waals surface area contributed by atoms with Crippen molar-refractivity contribution in [3.63, 3.8) is 0 Å². The Labute approximate surface area is 121 Å². The Hall–Kier alpha value is -1.96. The smallest absolute Gasteiger partial charge is 0.356 e. The molecule has 1 amide bonds. The molecular weight excluding hydrogens is 280 g/mol. The highest BCUT2D eigenvalue weighted by atomic mass is 16.7. The highest BCUT2D eigenvalue weighted by Crippen LogP contribution is 2.38. The molecule has 0 aromatic rings. The number of nitrogens with zero attached hydrogens (tertiary/aromatic N) is 1. The molecule has 116 valence electrons. The molecule has 1 heterocycles. The Kier molecular flexibility index (Phi) is 4.56. The number of carbonyl (C=O) groups is 3. The van der Waals surface area contributed by atoms with E-state index in [1.807, 2.05) is 0 Å². The molecule has 1 atom stereocenters. The van der Waals surface area contributed by atoms with Gasteiger partial charge in [0.1, 0.15) is 0 Å². The average molecular weight is 298 g/mol. The van der Waals surface area contributed by atoms with Crippen molar-refractivity contribution < 1.29 is 29.1 Å². The maximum atomic E-state index is 12.4. The number of ether oxygens (including phenoxy) is 1. The first-order valence-corrected chi connectivity index (χ1v) is 6.90. The molecule has 0 saturated heterocycles. The topological polar surface area (TPSA) is 114 Å². The Balaban J connectivity index is 2.14. The van der Waals surface area contributed by atoms with E-state index in [2.05, 4.69) is 10.5 Å². The fourth-order valence-corrected chi connectivity index (χ4v) is 2.11. The van der Waals surface area contributed by atoms with Gasteiger partial charge in [0.15, 0.2) is 11.5 Å². The number of hydrogen-bond acceptors (Lipinski definition) is 7. The maximum absolute atomic E-state index is 12.4. The Morgan fingerprint density at radius 2 is 2.19 bits per heavy atom. The molecule has 1 fully saturated rings. The second-order valence-electron chi connectivity index (χ2n) is 4.97. The Morgan fingerprint density at radius 1 is 1.48 bits per heavy atom. The van der Waals surface area contributed by atoms with E-state index in [0.29, 0.717) is 12.8 Å². The molecule has 21 heavy (non-hydrogen) atoms. The van der Waals surface area contributed by atoms with Crippen molar-refractivity contribution in [2.45, 2.75) is 31.8 Å². The highest BCUT2D eigenvalue weighted by Gasteiger charge is 2.58. The van der Waals surface area contributed by atoms with E-state index in [4.69, 9.17) is 14.7 Å². The zero-order chi connectivity index (χ0) is 15.5. The van der Waals surface area contributed by atoms with Gasteiger partial charge in [-0.2, -0.15) is 0 Å². The van der Waals surface area contributed by atoms with E-state index in [0.717, 1.165) is 0 Å². The number of amides is 1. The number of aliphatic hydroxyl groups excluding tert-OH is 1. The summed E-state index contributed by atoms with van der Waals surface area (Å²) >= 11 is 0. The predicted molar refractivity (Wildman–Crippen MR) is 70.3 cm³/mol. The average Bonchev–Trinajstić information content (AvgIpc) is 3.22. The van der Waals surface area contributed by atoms with Crippen molar-refractivity contribution in [2.75, 3.05) is 19.8 Å². The largest absolute Gasteiger partial charge is 0.461 e. The second kappa shape index (κ2) is 6.21. The van der Waals surface area contributed by atoms with Crippen molar-refractivity contribution in [1.82, 2.24) is 5.32 Å². The molecule has 1 saturated carbocycles. The number of carbonyl (C=O) groups excluding carboxylic acids is 3. The summed E-state index contributed by atoms with van der Waals surface area (Å²) in [6, 6.07) is 0. The van der Waals surface area contributed by atoms with Crippen molar-refractivity contribution in [2.24, 2.45) is 11.1 Å². The number of ketones is 1. The van der Waals surface area contributed by atoms with Crippen molar-refractivity contribution in [3.05, 3.63) is 0 Å². The molecule has 0 radical (unpaired) electrons. The molecule has 0 bridgehead atoms. The number of rotatable bonds is 7. The van der Waals surface area contributed by atoms with Crippen LogP contribution in [0.2, 0.25) is 0 Å². The van der Waals surface area contributed by atoms with Gasteiger partial charge >= 0.3 is 5.97 Å². The monoisotopic (exact) mass is 298 g/mol. The maximum Gasteiger partial charge on any atom is 0.356 e. The quantitative estimate of drug-likeness (QED) is 0.467. The fourth-order valence-electron chi connectivity index (χ4n) is 2.11. The van der Waals surface area contributed by atoms with Crippen LogP contribution in [0.25, 0.3) is 0 Å². The second-order valence-corrected chi connectivity index (χ2v) is 4.97. The summed E-state index contributed by atoms with van der Waals surface area (Å²) in [7, 11) is 0. The first-order valence-electron chi connectivity index (χ1n) is 6.90. The number of esters is 1. The van der Waals surface area contributed by atoms with E-state index in [-0.39, 0.29) is 43.6 Å². The summed E-state index contributed by atoms with van der Waals surface area (Å²) in [5, 5.41) is 14.7. The van der Waals surface area contributed by atoms with Crippen LogP contribution in [-0.4, -0.2) is 53.8 Å². The van der Waals surface area contributed by atoms with Crippen LogP contribution in [0.15, 0.2) is 5.16 Å². The summed E-state index contributed by atoms with van der Waals surface area (Å²) in [5.41, 5.74) is -1.89. The lowest BCUT2D eigenvalue weighted by Crippen LogP contribution is -2.54. The highest BCUT2D eigenvalue weighted by molar-refractivity contribution is 6.38. The van der Waals surface area contributed by atoms with Crippen LogP contribution in [0.4, 0.5) is 0 Å². The third-order valence-corrected chi connectivity index (χ3v) is 3.35. The zero-order valence-corrected chi connectivity index (χ0v) is 11.8. The van der Waals surface area contributed by atoms with E-state index < -0.39 is 17.5 Å². The molecule has 1 aliphatic heterocycles. The van der Waals surface area contributed by atoms with Crippen LogP contribution in [0.1, 0.15) is 26.2 Å². The lowest BCUT2D eigenvalue weighted by atomic mass is 9.88. The molecule has 1 unspecified atom stereocenters. The van der Waals surface area contributed by atoms with Gasteiger partial charge in [0.05, 0.1) is 19.6 Å². The molecule has 8 nitrogen and oxygen atoms in total. The summed E-state index contributed by atoms with van der Waals surface area (Å²) in [6.45, 7) is 1.55. The molecule has 0 spiro atoms. The number of hydrogen-bond donors (Lipinski definition) is 2. The molecule has 0 aromatic heterocycles. The van der Waals surface area contributed by atoms with Crippen molar-refractivity contribution in [1.29, 1.82) is 0 Å².